The Labute approximate surface area is 174 Å². The molecule has 29 heavy (non-hydrogen) atoms. The van der Waals surface area contributed by atoms with E-state index in [1.165, 1.54) is 0 Å². The van der Waals surface area contributed by atoms with Crippen molar-refractivity contribution >= 4 is 35.0 Å². The van der Waals surface area contributed by atoms with Crippen LogP contribution in [0.4, 0.5) is 11.4 Å². The lowest BCUT2D eigenvalue weighted by Gasteiger charge is -2.29. The molecule has 2 aliphatic heterocycles. The van der Waals surface area contributed by atoms with Crippen LogP contribution >= 0.6 is 11.8 Å². The standard InChI is InChI=1S/C22H25N3O3S/c1-28-16-9-7-14(8-10-16)23-20(26)18-13-15(11-12-29-2)25-22(18)17-5-3-4-6-19(17)24-21(22)27/h3-10,15,18,25H,11-13H2,1-2H3,(H,23,26)(H,24,27). The first-order chi connectivity index (χ1) is 14.1. The first-order valence-electron chi connectivity index (χ1n) is 9.71. The third-order valence-corrected chi connectivity index (χ3v) is 6.42. The molecule has 0 radical (unpaired) electrons. The Morgan fingerprint density at radius 3 is 2.72 bits per heavy atom. The fourth-order valence-electron chi connectivity index (χ4n) is 4.37. The lowest BCUT2D eigenvalue weighted by molar-refractivity contribution is -0.130. The van der Waals surface area contributed by atoms with Crippen LogP contribution < -0.4 is 20.7 Å². The number of rotatable bonds is 6. The molecule has 6 nitrogen and oxygen atoms in total. The second-order valence-electron chi connectivity index (χ2n) is 7.44. The fraction of sp³-hybridized carbons (Fsp3) is 0.364. The predicted octanol–water partition coefficient (Wildman–Crippen LogP) is 3.21. The number of amides is 2. The number of fused-ring (bicyclic) bond motifs is 2. The van der Waals surface area contributed by atoms with E-state index in [1.54, 1.807) is 43.1 Å². The number of methoxy groups -OCH3 is 1. The molecule has 0 saturated carbocycles. The Hall–Kier alpha value is -2.51. The fourth-order valence-corrected chi connectivity index (χ4v) is 4.89. The summed E-state index contributed by atoms with van der Waals surface area (Å²) in [6.07, 6.45) is 3.59. The van der Waals surface area contributed by atoms with Gasteiger partial charge in [-0.2, -0.15) is 11.8 Å². The number of ether oxygens (including phenoxy) is 1. The molecule has 2 heterocycles. The third kappa shape index (κ3) is 3.49. The SMILES string of the molecule is COc1ccc(NC(=O)C2CC(CCSC)NC23C(=O)Nc2ccccc23)cc1. The van der Waals surface area contributed by atoms with Gasteiger partial charge in [-0.3, -0.25) is 14.9 Å². The molecule has 7 heteroatoms. The topological polar surface area (TPSA) is 79.5 Å². The lowest BCUT2D eigenvalue weighted by Crippen LogP contribution is -2.52. The largest absolute Gasteiger partial charge is 0.497 e. The van der Waals surface area contributed by atoms with Crippen molar-refractivity contribution in [2.75, 3.05) is 29.8 Å². The minimum Gasteiger partial charge on any atom is -0.497 e. The van der Waals surface area contributed by atoms with Crippen LogP contribution in [-0.4, -0.2) is 37.0 Å². The van der Waals surface area contributed by atoms with Crippen molar-refractivity contribution in [3.05, 3.63) is 54.1 Å². The Morgan fingerprint density at radius 1 is 1.24 bits per heavy atom. The number of thioether (sulfide) groups is 1. The van der Waals surface area contributed by atoms with E-state index in [9.17, 15) is 9.59 Å². The molecule has 152 valence electrons. The maximum absolute atomic E-state index is 13.3. The summed E-state index contributed by atoms with van der Waals surface area (Å²) in [5.74, 6) is 0.897. The minimum absolute atomic E-state index is 0.103. The van der Waals surface area contributed by atoms with Gasteiger partial charge in [-0.15, -0.1) is 0 Å². The normalized spacial score (nSPS) is 25.0. The van der Waals surface area contributed by atoms with Gasteiger partial charge in [0.1, 0.15) is 11.3 Å². The van der Waals surface area contributed by atoms with E-state index in [0.29, 0.717) is 12.1 Å². The van der Waals surface area contributed by atoms with Gasteiger partial charge in [-0.25, -0.2) is 0 Å². The Kier molecular flexibility index (Phi) is 5.52. The number of carbonyl (C=O) groups is 2. The summed E-state index contributed by atoms with van der Waals surface area (Å²) in [4.78, 5) is 26.5. The molecule has 2 aliphatic rings. The summed E-state index contributed by atoms with van der Waals surface area (Å²) in [7, 11) is 1.60. The molecule has 1 spiro atoms. The molecule has 2 aromatic carbocycles. The van der Waals surface area contributed by atoms with Crippen molar-refractivity contribution in [3.8, 4) is 5.75 Å². The van der Waals surface area contributed by atoms with Gasteiger partial charge in [0.25, 0.3) is 0 Å². The van der Waals surface area contributed by atoms with Crippen molar-refractivity contribution in [1.82, 2.24) is 5.32 Å². The summed E-state index contributed by atoms with van der Waals surface area (Å²) in [6, 6.07) is 14.9. The number of hydrogen-bond acceptors (Lipinski definition) is 5. The van der Waals surface area contributed by atoms with E-state index in [4.69, 9.17) is 4.74 Å². The Balaban J connectivity index is 1.65. The number of anilines is 2. The number of para-hydroxylation sites is 1. The zero-order valence-electron chi connectivity index (χ0n) is 16.5. The average Bonchev–Trinajstić information content (AvgIpc) is 3.26. The maximum Gasteiger partial charge on any atom is 0.250 e. The van der Waals surface area contributed by atoms with Crippen LogP contribution in [0.1, 0.15) is 18.4 Å². The quantitative estimate of drug-likeness (QED) is 0.680. The van der Waals surface area contributed by atoms with Crippen LogP contribution in [-0.2, 0) is 15.1 Å². The molecule has 3 N–H and O–H groups in total. The van der Waals surface area contributed by atoms with Gasteiger partial charge in [0.15, 0.2) is 0 Å². The van der Waals surface area contributed by atoms with Crippen molar-refractivity contribution in [1.29, 1.82) is 0 Å². The summed E-state index contributed by atoms with van der Waals surface area (Å²) in [6.45, 7) is 0. The van der Waals surface area contributed by atoms with Crippen molar-refractivity contribution in [2.24, 2.45) is 5.92 Å². The number of nitrogens with one attached hydrogen (secondary N) is 3. The van der Waals surface area contributed by atoms with Crippen LogP contribution in [0, 0.1) is 5.92 Å². The molecule has 0 aromatic heterocycles. The highest BCUT2D eigenvalue weighted by Crippen LogP contribution is 2.47. The van der Waals surface area contributed by atoms with Crippen molar-refractivity contribution < 1.29 is 14.3 Å². The summed E-state index contributed by atoms with van der Waals surface area (Å²) in [5, 5.41) is 9.50. The number of carbonyl (C=O) groups excluding carboxylic acids is 2. The molecule has 2 amide bonds. The minimum atomic E-state index is -1.03. The van der Waals surface area contributed by atoms with E-state index in [0.717, 1.165) is 29.2 Å². The van der Waals surface area contributed by atoms with Gasteiger partial charge >= 0.3 is 0 Å². The molecule has 1 saturated heterocycles. The maximum atomic E-state index is 13.3. The van der Waals surface area contributed by atoms with Gasteiger partial charge in [0.05, 0.1) is 13.0 Å². The number of benzene rings is 2. The summed E-state index contributed by atoms with van der Waals surface area (Å²) < 4.78 is 5.18. The zero-order chi connectivity index (χ0) is 20.4. The van der Waals surface area contributed by atoms with Gasteiger partial charge in [-0.1, -0.05) is 18.2 Å². The summed E-state index contributed by atoms with van der Waals surface area (Å²) in [5.41, 5.74) is 1.28. The van der Waals surface area contributed by atoms with E-state index in [1.807, 2.05) is 24.3 Å². The van der Waals surface area contributed by atoms with Crippen LogP contribution in [0.15, 0.2) is 48.5 Å². The van der Waals surface area contributed by atoms with E-state index < -0.39 is 11.5 Å². The van der Waals surface area contributed by atoms with Crippen LogP contribution in [0.3, 0.4) is 0 Å². The second-order valence-corrected chi connectivity index (χ2v) is 8.42. The molecule has 0 aliphatic carbocycles. The molecule has 3 atom stereocenters. The molecule has 1 fully saturated rings. The van der Waals surface area contributed by atoms with E-state index in [2.05, 4.69) is 22.2 Å². The highest BCUT2D eigenvalue weighted by Gasteiger charge is 2.59. The Bertz CT molecular complexity index is 918. The first-order valence-corrected chi connectivity index (χ1v) is 11.1. The van der Waals surface area contributed by atoms with Crippen molar-refractivity contribution in [3.63, 3.8) is 0 Å². The highest BCUT2D eigenvalue weighted by atomic mass is 32.2. The second kappa shape index (κ2) is 8.08. The monoisotopic (exact) mass is 411 g/mol. The molecular weight excluding hydrogens is 386 g/mol. The Morgan fingerprint density at radius 2 is 2.00 bits per heavy atom. The highest BCUT2D eigenvalue weighted by molar-refractivity contribution is 7.98. The van der Waals surface area contributed by atoms with Gasteiger partial charge in [0.2, 0.25) is 11.8 Å². The lowest BCUT2D eigenvalue weighted by atomic mass is 9.79. The van der Waals surface area contributed by atoms with E-state index in [-0.39, 0.29) is 17.9 Å². The smallest absolute Gasteiger partial charge is 0.250 e. The van der Waals surface area contributed by atoms with Crippen LogP contribution in [0.2, 0.25) is 0 Å². The van der Waals surface area contributed by atoms with Crippen LogP contribution in [0.25, 0.3) is 0 Å². The summed E-state index contributed by atoms with van der Waals surface area (Å²) >= 11 is 1.77. The molecular formula is C22H25N3O3S. The number of hydrogen-bond donors (Lipinski definition) is 3. The molecule has 3 unspecified atom stereocenters. The van der Waals surface area contributed by atoms with Crippen molar-refractivity contribution in [2.45, 2.75) is 24.4 Å². The molecule has 4 rings (SSSR count). The molecule has 2 aromatic rings. The zero-order valence-corrected chi connectivity index (χ0v) is 17.3. The van der Waals surface area contributed by atoms with Gasteiger partial charge in [0, 0.05) is 23.0 Å². The van der Waals surface area contributed by atoms with Crippen LogP contribution in [0.5, 0.6) is 5.75 Å². The predicted molar refractivity (Wildman–Crippen MR) is 116 cm³/mol. The first kappa shape index (κ1) is 19.8. The van der Waals surface area contributed by atoms with Gasteiger partial charge < -0.3 is 15.4 Å². The van der Waals surface area contributed by atoms with Gasteiger partial charge in [-0.05, 0) is 55.2 Å². The van der Waals surface area contributed by atoms with E-state index >= 15 is 0 Å². The third-order valence-electron chi connectivity index (χ3n) is 5.78. The molecule has 0 bridgehead atoms. The average molecular weight is 412 g/mol.